The SMILES string of the molecule is CC(Cc1ccco1)NC(=O)N1CCCC(C(=O)O)C1. The number of amides is 2. The van der Waals surface area contributed by atoms with Crippen molar-refractivity contribution in [2.24, 2.45) is 5.92 Å². The van der Waals surface area contributed by atoms with E-state index < -0.39 is 11.9 Å². The lowest BCUT2D eigenvalue weighted by molar-refractivity contribution is -0.143. The van der Waals surface area contributed by atoms with E-state index in [1.54, 1.807) is 11.2 Å². The average Bonchev–Trinajstić information content (AvgIpc) is 2.91. The maximum Gasteiger partial charge on any atom is 0.317 e. The monoisotopic (exact) mass is 280 g/mol. The third-order valence-corrected chi connectivity index (χ3v) is 3.52. The Balaban J connectivity index is 1.83. The second-order valence-electron chi connectivity index (χ2n) is 5.26. The molecule has 0 radical (unpaired) electrons. The van der Waals surface area contributed by atoms with Crippen LogP contribution in [-0.4, -0.2) is 41.1 Å². The van der Waals surface area contributed by atoms with Crippen LogP contribution in [0.5, 0.6) is 0 Å². The number of urea groups is 1. The summed E-state index contributed by atoms with van der Waals surface area (Å²) in [7, 11) is 0. The second kappa shape index (κ2) is 6.45. The molecule has 2 heterocycles. The number of hydrogen-bond acceptors (Lipinski definition) is 3. The van der Waals surface area contributed by atoms with Gasteiger partial charge in [-0.05, 0) is 31.9 Å². The highest BCUT2D eigenvalue weighted by atomic mass is 16.4. The summed E-state index contributed by atoms with van der Waals surface area (Å²) < 4.78 is 5.24. The molecule has 1 aromatic heterocycles. The molecule has 1 saturated heterocycles. The standard InChI is InChI=1S/C14H20N2O4/c1-10(8-12-5-3-7-20-12)15-14(19)16-6-2-4-11(9-16)13(17)18/h3,5,7,10-11H,2,4,6,8-9H2,1H3,(H,15,19)(H,17,18). The zero-order chi connectivity index (χ0) is 14.5. The van der Waals surface area contributed by atoms with Crippen molar-refractivity contribution in [2.75, 3.05) is 13.1 Å². The molecule has 0 spiro atoms. The fourth-order valence-corrected chi connectivity index (χ4v) is 2.45. The number of likely N-dealkylation sites (tertiary alicyclic amines) is 1. The Hall–Kier alpha value is -1.98. The van der Waals surface area contributed by atoms with Gasteiger partial charge in [-0.15, -0.1) is 0 Å². The Morgan fingerprint density at radius 1 is 1.60 bits per heavy atom. The molecule has 0 aliphatic carbocycles. The van der Waals surface area contributed by atoms with E-state index >= 15 is 0 Å². The molecule has 110 valence electrons. The molecule has 1 aliphatic heterocycles. The number of piperidine rings is 1. The maximum atomic E-state index is 12.1. The first-order valence-electron chi connectivity index (χ1n) is 6.87. The fraction of sp³-hybridized carbons (Fsp3) is 0.571. The molecule has 2 unspecified atom stereocenters. The van der Waals surface area contributed by atoms with Gasteiger partial charge >= 0.3 is 12.0 Å². The minimum atomic E-state index is -0.828. The summed E-state index contributed by atoms with van der Waals surface area (Å²) in [6.07, 6.45) is 3.60. The number of carbonyl (C=O) groups excluding carboxylic acids is 1. The molecule has 2 atom stereocenters. The van der Waals surface area contributed by atoms with Gasteiger partial charge in [0, 0.05) is 25.6 Å². The molecular formula is C14H20N2O4. The largest absolute Gasteiger partial charge is 0.481 e. The van der Waals surface area contributed by atoms with Crippen LogP contribution < -0.4 is 5.32 Å². The van der Waals surface area contributed by atoms with Crippen LogP contribution in [0.15, 0.2) is 22.8 Å². The molecule has 0 aromatic carbocycles. The van der Waals surface area contributed by atoms with E-state index in [-0.39, 0.29) is 18.6 Å². The van der Waals surface area contributed by atoms with Crippen LogP contribution in [0.25, 0.3) is 0 Å². The van der Waals surface area contributed by atoms with E-state index in [0.717, 1.165) is 12.2 Å². The van der Waals surface area contributed by atoms with Crippen LogP contribution in [0.2, 0.25) is 0 Å². The summed E-state index contributed by atoms with van der Waals surface area (Å²) in [5.74, 6) is -0.458. The molecule has 20 heavy (non-hydrogen) atoms. The molecule has 2 rings (SSSR count). The first kappa shape index (κ1) is 14.4. The van der Waals surface area contributed by atoms with Crippen molar-refractivity contribution in [3.8, 4) is 0 Å². The number of nitrogens with one attached hydrogen (secondary N) is 1. The number of nitrogens with zero attached hydrogens (tertiary/aromatic N) is 1. The molecule has 1 aromatic rings. The highest BCUT2D eigenvalue weighted by Gasteiger charge is 2.28. The van der Waals surface area contributed by atoms with Gasteiger partial charge in [0.15, 0.2) is 0 Å². The van der Waals surface area contributed by atoms with Crippen LogP contribution in [-0.2, 0) is 11.2 Å². The highest BCUT2D eigenvalue weighted by Crippen LogP contribution is 2.16. The van der Waals surface area contributed by atoms with Crippen molar-refractivity contribution in [2.45, 2.75) is 32.2 Å². The zero-order valence-corrected chi connectivity index (χ0v) is 11.5. The minimum Gasteiger partial charge on any atom is -0.481 e. The zero-order valence-electron chi connectivity index (χ0n) is 11.5. The van der Waals surface area contributed by atoms with E-state index in [1.165, 1.54) is 0 Å². The Kier molecular flexibility index (Phi) is 4.65. The smallest absolute Gasteiger partial charge is 0.317 e. The number of rotatable bonds is 4. The minimum absolute atomic E-state index is 0.0566. The Morgan fingerprint density at radius 3 is 3.05 bits per heavy atom. The average molecular weight is 280 g/mol. The number of carboxylic acids is 1. The number of furan rings is 1. The van der Waals surface area contributed by atoms with Gasteiger partial charge in [-0.25, -0.2) is 4.79 Å². The normalized spacial score (nSPS) is 20.4. The number of hydrogen-bond donors (Lipinski definition) is 2. The van der Waals surface area contributed by atoms with E-state index in [2.05, 4.69) is 5.32 Å². The van der Waals surface area contributed by atoms with Gasteiger partial charge in [0.25, 0.3) is 0 Å². The predicted molar refractivity (Wildman–Crippen MR) is 72.3 cm³/mol. The lowest BCUT2D eigenvalue weighted by atomic mass is 9.99. The summed E-state index contributed by atoms with van der Waals surface area (Å²) >= 11 is 0. The second-order valence-corrected chi connectivity index (χ2v) is 5.26. The topological polar surface area (TPSA) is 82.8 Å². The molecular weight excluding hydrogens is 260 g/mol. The lowest BCUT2D eigenvalue weighted by Gasteiger charge is -2.31. The maximum absolute atomic E-state index is 12.1. The van der Waals surface area contributed by atoms with Gasteiger partial charge in [-0.2, -0.15) is 0 Å². The molecule has 1 fully saturated rings. The van der Waals surface area contributed by atoms with Crippen molar-refractivity contribution >= 4 is 12.0 Å². The highest BCUT2D eigenvalue weighted by molar-refractivity contribution is 5.76. The first-order valence-corrected chi connectivity index (χ1v) is 6.87. The van der Waals surface area contributed by atoms with Crippen LogP contribution in [0.4, 0.5) is 4.79 Å². The predicted octanol–water partition coefficient (Wildman–Crippen LogP) is 1.72. The number of carboxylic acid groups (broad SMARTS) is 1. The van der Waals surface area contributed by atoms with Gasteiger partial charge in [0.1, 0.15) is 5.76 Å². The molecule has 2 N–H and O–H groups in total. The summed E-state index contributed by atoms with van der Waals surface area (Å²) in [6.45, 7) is 2.80. The van der Waals surface area contributed by atoms with Crippen molar-refractivity contribution in [1.82, 2.24) is 10.2 Å². The fourth-order valence-electron chi connectivity index (χ4n) is 2.45. The Morgan fingerprint density at radius 2 is 2.40 bits per heavy atom. The molecule has 6 nitrogen and oxygen atoms in total. The van der Waals surface area contributed by atoms with E-state index in [0.29, 0.717) is 19.4 Å². The molecule has 0 saturated carbocycles. The van der Waals surface area contributed by atoms with Crippen molar-refractivity contribution in [3.05, 3.63) is 24.2 Å². The van der Waals surface area contributed by atoms with Crippen molar-refractivity contribution in [1.29, 1.82) is 0 Å². The third-order valence-electron chi connectivity index (χ3n) is 3.52. The molecule has 6 heteroatoms. The molecule has 2 amide bonds. The summed E-state index contributed by atoms with van der Waals surface area (Å²) in [6, 6.07) is 3.42. The lowest BCUT2D eigenvalue weighted by Crippen LogP contribution is -2.49. The van der Waals surface area contributed by atoms with Crippen molar-refractivity contribution < 1.29 is 19.1 Å². The van der Waals surface area contributed by atoms with Gasteiger partial charge in [0.2, 0.25) is 0 Å². The molecule has 0 bridgehead atoms. The molecule has 1 aliphatic rings. The third kappa shape index (κ3) is 3.76. The van der Waals surface area contributed by atoms with Gasteiger partial charge < -0.3 is 19.7 Å². The Labute approximate surface area is 117 Å². The summed E-state index contributed by atoms with van der Waals surface area (Å²) in [5.41, 5.74) is 0. The number of carbonyl (C=O) groups is 2. The Bertz CT molecular complexity index is 458. The van der Waals surface area contributed by atoms with Gasteiger partial charge in [-0.3, -0.25) is 4.79 Å². The van der Waals surface area contributed by atoms with Crippen LogP contribution in [0.1, 0.15) is 25.5 Å². The number of aliphatic carboxylic acids is 1. The van der Waals surface area contributed by atoms with Gasteiger partial charge in [0.05, 0.1) is 12.2 Å². The van der Waals surface area contributed by atoms with Crippen LogP contribution in [0.3, 0.4) is 0 Å². The first-order chi connectivity index (χ1) is 9.56. The van der Waals surface area contributed by atoms with Gasteiger partial charge in [-0.1, -0.05) is 0 Å². The van der Waals surface area contributed by atoms with E-state index in [1.807, 2.05) is 19.1 Å². The van der Waals surface area contributed by atoms with E-state index in [4.69, 9.17) is 9.52 Å². The quantitative estimate of drug-likeness (QED) is 0.879. The summed E-state index contributed by atoms with van der Waals surface area (Å²) in [4.78, 5) is 24.7. The summed E-state index contributed by atoms with van der Waals surface area (Å²) in [5, 5.41) is 11.9. The van der Waals surface area contributed by atoms with Crippen molar-refractivity contribution in [3.63, 3.8) is 0 Å². The van der Waals surface area contributed by atoms with E-state index in [9.17, 15) is 9.59 Å². The van der Waals surface area contributed by atoms with Crippen LogP contribution in [0, 0.1) is 5.92 Å². The van der Waals surface area contributed by atoms with Crippen LogP contribution >= 0.6 is 0 Å².